The molecule has 31 heavy (non-hydrogen) atoms. The van der Waals surface area contributed by atoms with Crippen LogP contribution in [0.4, 0.5) is 11.6 Å². The van der Waals surface area contributed by atoms with E-state index in [2.05, 4.69) is 47.9 Å². The molecule has 0 saturated carbocycles. The third-order valence-electron chi connectivity index (χ3n) is 6.57. The number of aromatic nitrogens is 3. The largest absolute Gasteiger partial charge is 0.379 e. The van der Waals surface area contributed by atoms with Crippen LogP contribution in [0.3, 0.4) is 0 Å². The Morgan fingerprint density at radius 1 is 1.19 bits per heavy atom. The van der Waals surface area contributed by atoms with Crippen molar-refractivity contribution in [3.63, 3.8) is 0 Å². The molecular weight excluding hydrogens is 408 g/mol. The lowest BCUT2D eigenvalue weighted by Crippen LogP contribution is -2.39. The Labute approximate surface area is 187 Å². The summed E-state index contributed by atoms with van der Waals surface area (Å²) >= 11 is 1.72. The molecular formula is C23H32N6OS. The predicted octanol–water partition coefficient (Wildman–Crippen LogP) is 3.56. The van der Waals surface area contributed by atoms with Gasteiger partial charge in [-0.2, -0.15) is 0 Å². The molecule has 7 nitrogen and oxygen atoms in total. The van der Waals surface area contributed by atoms with Gasteiger partial charge in [-0.05, 0) is 36.3 Å². The van der Waals surface area contributed by atoms with E-state index in [-0.39, 0.29) is 5.41 Å². The van der Waals surface area contributed by atoms with Crippen LogP contribution in [-0.4, -0.2) is 72.8 Å². The number of nitrogens with one attached hydrogen (secondary N) is 1. The zero-order valence-electron chi connectivity index (χ0n) is 19.0. The van der Waals surface area contributed by atoms with Crippen LogP contribution in [0, 0.1) is 5.41 Å². The smallest absolute Gasteiger partial charge is 0.147 e. The summed E-state index contributed by atoms with van der Waals surface area (Å²) in [5.74, 6) is 2.06. The van der Waals surface area contributed by atoms with Gasteiger partial charge in [0.05, 0.1) is 23.4 Å². The van der Waals surface area contributed by atoms with Gasteiger partial charge in [-0.3, -0.25) is 4.90 Å². The summed E-state index contributed by atoms with van der Waals surface area (Å²) in [7, 11) is 2.14. The zero-order chi connectivity index (χ0) is 21.6. The van der Waals surface area contributed by atoms with E-state index in [0.717, 1.165) is 85.5 Å². The number of fused-ring (bicyclic) bond motifs is 5. The molecule has 2 aliphatic rings. The van der Waals surface area contributed by atoms with E-state index < -0.39 is 0 Å². The lowest BCUT2D eigenvalue weighted by Gasteiger charge is -2.26. The molecule has 5 rings (SSSR count). The van der Waals surface area contributed by atoms with Crippen molar-refractivity contribution in [1.82, 2.24) is 19.9 Å². The number of hydrogen-bond acceptors (Lipinski definition) is 8. The zero-order valence-corrected chi connectivity index (χ0v) is 19.8. The lowest BCUT2D eigenvalue weighted by atomic mass is 9.90. The van der Waals surface area contributed by atoms with E-state index in [1.165, 1.54) is 16.5 Å². The summed E-state index contributed by atoms with van der Waals surface area (Å²) in [6, 6.07) is 0. The highest BCUT2D eigenvalue weighted by molar-refractivity contribution is 7.26. The number of pyridine rings is 1. The van der Waals surface area contributed by atoms with Gasteiger partial charge >= 0.3 is 0 Å². The molecule has 166 valence electrons. The normalized spacial score (nSPS) is 18.6. The fraction of sp³-hybridized carbons (Fsp3) is 0.609. The molecule has 4 heterocycles. The number of nitrogens with zero attached hydrogens (tertiary/aromatic N) is 5. The molecule has 0 unspecified atom stereocenters. The van der Waals surface area contributed by atoms with E-state index >= 15 is 0 Å². The molecule has 0 radical (unpaired) electrons. The Kier molecular flexibility index (Phi) is 5.48. The maximum atomic E-state index is 5.45. The highest BCUT2D eigenvalue weighted by atomic mass is 32.1. The number of ether oxygens (including phenoxy) is 1. The first-order chi connectivity index (χ1) is 15.0. The average molecular weight is 441 g/mol. The van der Waals surface area contributed by atoms with Crippen LogP contribution >= 0.6 is 11.3 Å². The minimum Gasteiger partial charge on any atom is -0.379 e. The highest BCUT2D eigenvalue weighted by Gasteiger charge is 2.35. The maximum Gasteiger partial charge on any atom is 0.147 e. The van der Waals surface area contributed by atoms with Crippen molar-refractivity contribution in [2.45, 2.75) is 33.6 Å². The molecule has 0 spiro atoms. The highest BCUT2D eigenvalue weighted by Crippen LogP contribution is 2.47. The van der Waals surface area contributed by atoms with Gasteiger partial charge in [0.1, 0.15) is 22.8 Å². The first-order valence-electron chi connectivity index (χ1n) is 11.3. The number of rotatable bonds is 6. The molecule has 1 fully saturated rings. The lowest BCUT2D eigenvalue weighted by molar-refractivity contribution is 0.0398. The third kappa shape index (κ3) is 3.85. The van der Waals surface area contributed by atoms with Crippen molar-refractivity contribution in [2.75, 3.05) is 63.2 Å². The SMILES string of the molecule is CCN(C)c1nc2sc3c(NCCN4CCOCC4)ncnc3c2c2c1CC(C)(C)C2. The predicted molar refractivity (Wildman–Crippen MR) is 129 cm³/mol. The van der Waals surface area contributed by atoms with E-state index in [0.29, 0.717) is 0 Å². The first-order valence-corrected chi connectivity index (χ1v) is 12.1. The van der Waals surface area contributed by atoms with Crippen LogP contribution in [0.15, 0.2) is 6.33 Å². The molecule has 1 saturated heterocycles. The maximum absolute atomic E-state index is 5.45. The van der Waals surface area contributed by atoms with Crippen LogP contribution in [-0.2, 0) is 17.6 Å². The van der Waals surface area contributed by atoms with Gasteiger partial charge in [0.2, 0.25) is 0 Å². The topological polar surface area (TPSA) is 66.4 Å². The Hall–Kier alpha value is -2.03. The molecule has 1 aliphatic carbocycles. The molecule has 0 amide bonds. The average Bonchev–Trinajstić information content (AvgIpc) is 3.29. The van der Waals surface area contributed by atoms with Gasteiger partial charge in [-0.15, -0.1) is 11.3 Å². The monoisotopic (exact) mass is 440 g/mol. The van der Waals surface area contributed by atoms with Gasteiger partial charge < -0.3 is 15.0 Å². The van der Waals surface area contributed by atoms with Crippen LogP contribution < -0.4 is 10.2 Å². The number of morpholine rings is 1. The van der Waals surface area contributed by atoms with Crippen LogP contribution in [0.25, 0.3) is 20.4 Å². The summed E-state index contributed by atoms with van der Waals surface area (Å²) in [6.45, 7) is 13.4. The quantitative estimate of drug-likeness (QED) is 0.629. The second-order valence-electron chi connectivity index (χ2n) is 9.49. The summed E-state index contributed by atoms with van der Waals surface area (Å²) in [4.78, 5) is 20.2. The molecule has 0 bridgehead atoms. The molecule has 3 aromatic heterocycles. The first kappa shape index (κ1) is 20.8. The minimum absolute atomic E-state index is 0.252. The molecule has 1 aliphatic heterocycles. The number of anilines is 2. The van der Waals surface area contributed by atoms with E-state index in [9.17, 15) is 0 Å². The molecule has 0 aromatic carbocycles. The minimum atomic E-state index is 0.252. The molecule has 0 atom stereocenters. The third-order valence-corrected chi connectivity index (χ3v) is 7.65. The summed E-state index contributed by atoms with van der Waals surface area (Å²) in [6.07, 6.45) is 3.84. The van der Waals surface area contributed by atoms with Crippen molar-refractivity contribution >= 4 is 43.4 Å². The Morgan fingerprint density at radius 2 is 1.97 bits per heavy atom. The van der Waals surface area contributed by atoms with Crippen LogP contribution in [0.1, 0.15) is 31.9 Å². The van der Waals surface area contributed by atoms with E-state index in [1.807, 2.05) is 0 Å². The van der Waals surface area contributed by atoms with Crippen molar-refractivity contribution in [2.24, 2.45) is 5.41 Å². The molecule has 1 N–H and O–H groups in total. The van der Waals surface area contributed by atoms with E-state index in [4.69, 9.17) is 14.7 Å². The number of hydrogen-bond donors (Lipinski definition) is 1. The Morgan fingerprint density at radius 3 is 2.74 bits per heavy atom. The van der Waals surface area contributed by atoms with Gasteiger partial charge in [-0.1, -0.05) is 13.8 Å². The van der Waals surface area contributed by atoms with Crippen LogP contribution in [0.5, 0.6) is 0 Å². The fourth-order valence-corrected chi connectivity index (χ4v) is 5.97. The Balaban J connectivity index is 1.53. The van der Waals surface area contributed by atoms with Gasteiger partial charge in [-0.25, -0.2) is 15.0 Å². The summed E-state index contributed by atoms with van der Waals surface area (Å²) in [5.41, 5.74) is 4.15. The number of thiophene rings is 1. The second-order valence-corrected chi connectivity index (χ2v) is 10.5. The van der Waals surface area contributed by atoms with Crippen molar-refractivity contribution in [3.05, 3.63) is 17.5 Å². The van der Waals surface area contributed by atoms with E-state index in [1.54, 1.807) is 17.7 Å². The van der Waals surface area contributed by atoms with Crippen LogP contribution in [0.2, 0.25) is 0 Å². The fourth-order valence-electron chi connectivity index (χ4n) is 4.85. The Bertz CT molecular complexity index is 1100. The standard InChI is InChI=1S/C23H32N6OS/c1-5-28(4)21-16-13-23(2,3)12-15(16)17-18-19(31-22(17)27-21)20(26-14-25-18)24-6-7-29-8-10-30-11-9-29/h14H,5-13H2,1-4H3,(H,24,25,26). The molecule has 8 heteroatoms. The van der Waals surface area contributed by atoms with Crippen molar-refractivity contribution in [1.29, 1.82) is 0 Å². The van der Waals surface area contributed by atoms with Gasteiger partial charge in [0, 0.05) is 45.2 Å². The van der Waals surface area contributed by atoms with Crippen molar-refractivity contribution in [3.8, 4) is 0 Å². The summed E-state index contributed by atoms with van der Waals surface area (Å²) < 4.78 is 6.57. The van der Waals surface area contributed by atoms with Gasteiger partial charge in [0.25, 0.3) is 0 Å². The molecule has 3 aromatic rings. The summed E-state index contributed by atoms with van der Waals surface area (Å²) in [5, 5.41) is 4.81. The van der Waals surface area contributed by atoms with Crippen molar-refractivity contribution < 1.29 is 4.74 Å². The van der Waals surface area contributed by atoms with Gasteiger partial charge in [0.15, 0.2) is 0 Å². The second kappa shape index (κ2) is 8.15.